The summed E-state index contributed by atoms with van der Waals surface area (Å²) >= 11 is 0. The molecule has 0 aliphatic carbocycles. The molecule has 0 bridgehead atoms. The Morgan fingerprint density at radius 3 is 1.67 bits per heavy atom. The molecule has 1 rings (SSSR count). The fraction of sp³-hybridized carbons (Fsp3) is 0.571. The average molecular weight is 254 g/mol. The molecule has 1 aromatic heterocycles. The van der Waals surface area contributed by atoms with Crippen molar-refractivity contribution >= 4 is 5.78 Å². The van der Waals surface area contributed by atoms with Gasteiger partial charge in [-0.2, -0.15) is 5.10 Å². The molecule has 1 N–H and O–H groups in total. The third-order valence-corrected chi connectivity index (χ3v) is 2.94. The molecule has 4 nitrogen and oxygen atoms in total. The lowest BCUT2D eigenvalue weighted by Gasteiger charge is -1.92. The van der Waals surface area contributed by atoms with E-state index in [2.05, 4.69) is 18.9 Å². The van der Waals surface area contributed by atoms with Crippen LogP contribution in [0.25, 0.3) is 0 Å². The Balaban J connectivity index is 0. The number of carbonyl (C=O) groups is 1. The Kier molecular flexibility index (Phi) is 8.02. The number of Topliss-reactive ketones (excluding diaryl/α,β-unsaturated/α-hetero) is 1. The SMILES string of the molecule is C.CC(=O)/C(C)=C(\C)O.Cc1nn(C)c(C)c1C. The first-order valence-corrected chi connectivity index (χ1v) is 5.52. The summed E-state index contributed by atoms with van der Waals surface area (Å²) < 4.78 is 1.91. The molecule has 0 aromatic carbocycles. The number of allylic oxidation sites excluding steroid dienone is 2. The van der Waals surface area contributed by atoms with Gasteiger partial charge in [-0.3, -0.25) is 9.48 Å². The van der Waals surface area contributed by atoms with Crippen molar-refractivity contribution in [3.05, 3.63) is 28.3 Å². The lowest BCUT2D eigenvalue weighted by molar-refractivity contribution is -0.113. The Bertz CT molecular complexity index is 416. The van der Waals surface area contributed by atoms with Crippen LogP contribution in [0.1, 0.15) is 45.1 Å². The second-order valence-electron chi connectivity index (χ2n) is 4.19. The van der Waals surface area contributed by atoms with Gasteiger partial charge in [-0.25, -0.2) is 0 Å². The minimum absolute atomic E-state index is 0. The fourth-order valence-corrected chi connectivity index (χ4v) is 1.13. The molecule has 0 radical (unpaired) electrons. The lowest BCUT2D eigenvalue weighted by Crippen LogP contribution is -1.94. The number of aliphatic hydroxyl groups is 1. The predicted molar refractivity (Wildman–Crippen MR) is 75.8 cm³/mol. The highest BCUT2D eigenvalue weighted by atomic mass is 16.3. The minimum atomic E-state index is -0.0787. The van der Waals surface area contributed by atoms with E-state index in [1.165, 1.54) is 25.1 Å². The van der Waals surface area contributed by atoms with Crippen molar-refractivity contribution in [1.82, 2.24) is 9.78 Å². The standard InChI is InChI=1S/C7H12N2.C6H10O2.CH4/c1-5-6(2)8-9(4)7(5)3;1-4(5(2)7)6(3)8;/h1-4H3;7H,1-3H3;1H4/b;5-4+;. The molecule has 18 heavy (non-hydrogen) atoms. The smallest absolute Gasteiger partial charge is 0.158 e. The van der Waals surface area contributed by atoms with Crippen LogP contribution >= 0.6 is 0 Å². The largest absolute Gasteiger partial charge is 0.512 e. The van der Waals surface area contributed by atoms with Crippen molar-refractivity contribution in [2.45, 2.75) is 49.0 Å². The highest BCUT2D eigenvalue weighted by Gasteiger charge is 2.01. The third kappa shape index (κ3) is 5.17. The van der Waals surface area contributed by atoms with E-state index in [0.717, 1.165) is 5.69 Å². The molecule has 0 spiro atoms. The van der Waals surface area contributed by atoms with Crippen molar-refractivity contribution in [3.8, 4) is 0 Å². The molecule has 0 saturated heterocycles. The highest BCUT2D eigenvalue weighted by molar-refractivity contribution is 5.92. The molecule has 0 amide bonds. The monoisotopic (exact) mass is 254 g/mol. The summed E-state index contributed by atoms with van der Waals surface area (Å²) in [5.41, 5.74) is 4.13. The maximum atomic E-state index is 10.4. The first kappa shape index (κ1) is 18.8. The summed E-state index contributed by atoms with van der Waals surface area (Å²) in [6, 6.07) is 0. The van der Waals surface area contributed by atoms with Gasteiger partial charge in [-0.1, -0.05) is 7.43 Å². The van der Waals surface area contributed by atoms with E-state index in [4.69, 9.17) is 5.11 Å². The van der Waals surface area contributed by atoms with Crippen LogP contribution in [0.2, 0.25) is 0 Å². The van der Waals surface area contributed by atoms with Crippen LogP contribution in [0.5, 0.6) is 0 Å². The van der Waals surface area contributed by atoms with Crippen molar-refractivity contribution < 1.29 is 9.90 Å². The number of hydrogen-bond acceptors (Lipinski definition) is 3. The van der Waals surface area contributed by atoms with E-state index < -0.39 is 0 Å². The van der Waals surface area contributed by atoms with E-state index in [9.17, 15) is 4.79 Å². The van der Waals surface area contributed by atoms with Gasteiger partial charge in [0.15, 0.2) is 5.78 Å². The van der Waals surface area contributed by atoms with E-state index in [1.807, 2.05) is 18.7 Å². The van der Waals surface area contributed by atoms with Crippen molar-refractivity contribution in [2.24, 2.45) is 7.05 Å². The van der Waals surface area contributed by atoms with Gasteiger partial charge in [0.2, 0.25) is 0 Å². The Morgan fingerprint density at radius 1 is 1.17 bits per heavy atom. The van der Waals surface area contributed by atoms with Crippen molar-refractivity contribution in [2.75, 3.05) is 0 Å². The quantitative estimate of drug-likeness (QED) is 0.617. The van der Waals surface area contributed by atoms with Gasteiger partial charge in [0.05, 0.1) is 11.5 Å². The highest BCUT2D eigenvalue weighted by Crippen LogP contribution is 2.08. The van der Waals surface area contributed by atoms with Crippen LogP contribution in [-0.4, -0.2) is 20.7 Å². The van der Waals surface area contributed by atoms with Gasteiger partial charge in [-0.15, -0.1) is 0 Å². The van der Waals surface area contributed by atoms with E-state index >= 15 is 0 Å². The van der Waals surface area contributed by atoms with Crippen LogP contribution in [0.4, 0.5) is 0 Å². The molecule has 0 aliphatic rings. The topological polar surface area (TPSA) is 55.1 Å². The number of aryl methyl sites for hydroxylation is 2. The number of nitrogens with zero attached hydrogens (tertiary/aromatic N) is 2. The maximum absolute atomic E-state index is 10.4. The molecule has 0 fully saturated rings. The van der Waals surface area contributed by atoms with Gasteiger partial charge in [-0.05, 0) is 47.1 Å². The number of rotatable bonds is 1. The summed E-state index contributed by atoms with van der Waals surface area (Å²) in [6.45, 7) is 10.7. The maximum Gasteiger partial charge on any atom is 0.158 e. The molecule has 4 heteroatoms. The normalized spacial score (nSPS) is 10.8. The fourth-order valence-electron chi connectivity index (χ4n) is 1.13. The van der Waals surface area contributed by atoms with Gasteiger partial charge in [0, 0.05) is 18.3 Å². The van der Waals surface area contributed by atoms with E-state index in [-0.39, 0.29) is 19.0 Å². The third-order valence-electron chi connectivity index (χ3n) is 2.94. The molecule has 1 heterocycles. The summed E-state index contributed by atoms with van der Waals surface area (Å²) in [5, 5.41) is 12.9. The molecule has 0 unspecified atom stereocenters. The van der Waals surface area contributed by atoms with Crippen molar-refractivity contribution in [1.29, 1.82) is 0 Å². The van der Waals surface area contributed by atoms with Gasteiger partial charge in [0.1, 0.15) is 0 Å². The number of ketones is 1. The minimum Gasteiger partial charge on any atom is -0.512 e. The van der Waals surface area contributed by atoms with E-state index in [0.29, 0.717) is 5.57 Å². The Labute approximate surface area is 110 Å². The number of aliphatic hydroxyl groups excluding tert-OH is 1. The van der Waals surface area contributed by atoms with Crippen LogP contribution in [-0.2, 0) is 11.8 Å². The zero-order valence-corrected chi connectivity index (χ0v) is 11.7. The predicted octanol–water partition coefficient (Wildman–Crippen LogP) is 3.41. The molecular formula is C14H26N2O2. The number of aromatic nitrogens is 2. The van der Waals surface area contributed by atoms with Gasteiger partial charge < -0.3 is 5.11 Å². The molecule has 0 atom stereocenters. The Hall–Kier alpha value is -1.58. The summed E-state index contributed by atoms with van der Waals surface area (Å²) in [7, 11) is 1.97. The zero-order chi connectivity index (χ0) is 13.7. The number of carbonyl (C=O) groups excluding carboxylic acids is 1. The Morgan fingerprint density at radius 2 is 1.61 bits per heavy atom. The summed E-state index contributed by atoms with van der Waals surface area (Å²) in [5.74, 6) is 0.0301. The van der Waals surface area contributed by atoms with E-state index in [1.54, 1.807) is 6.92 Å². The average Bonchev–Trinajstić information content (AvgIpc) is 2.45. The number of hydrogen-bond donors (Lipinski definition) is 1. The van der Waals surface area contributed by atoms with Crippen LogP contribution < -0.4 is 0 Å². The molecular weight excluding hydrogens is 228 g/mol. The first-order chi connectivity index (χ1) is 7.68. The van der Waals surface area contributed by atoms with Crippen LogP contribution in [0, 0.1) is 20.8 Å². The van der Waals surface area contributed by atoms with Gasteiger partial charge in [0.25, 0.3) is 0 Å². The van der Waals surface area contributed by atoms with Crippen LogP contribution in [0.15, 0.2) is 11.3 Å². The summed E-state index contributed by atoms with van der Waals surface area (Å²) in [6.07, 6.45) is 0. The molecule has 0 saturated carbocycles. The van der Waals surface area contributed by atoms with Gasteiger partial charge >= 0.3 is 0 Å². The second kappa shape index (κ2) is 7.69. The molecule has 0 aliphatic heterocycles. The van der Waals surface area contributed by atoms with Crippen molar-refractivity contribution in [3.63, 3.8) is 0 Å². The first-order valence-electron chi connectivity index (χ1n) is 5.52. The zero-order valence-electron chi connectivity index (χ0n) is 11.7. The second-order valence-corrected chi connectivity index (χ2v) is 4.19. The molecule has 1 aromatic rings. The lowest BCUT2D eigenvalue weighted by atomic mass is 10.2. The summed E-state index contributed by atoms with van der Waals surface area (Å²) in [4.78, 5) is 10.4. The molecule has 104 valence electrons. The van der Waals surface area contributed by atoms with Crippen LogP contribution in [0.3, 0.4) is 0 Å².